The Bertz CT molecular complexity index is 935. The van der Waals surface area contributed by atoms with E-state index < -0.39 is 5.97 Å². The van der Waals surface area contributed by atoms with Crippen LogP contribution in [0.1, 0.15) is 46.8 Å². The number of rotatable bonds is 6. The van der Waals surface area contributed by atoms with Crippen LogP contribution in [0.3, 0.4) is 0 Å². The van der Waals surface area contributed by atoms with Gasteiger partial charge in [-0.2, -0.15) is 0 Å². The third-order valence-electron chi connectivity index (χ3n) is 4.47. The van der Waals surface area contributed by atoms with Crippen LogP contribution in [0, 0.1) is 0 Å². The molecule has 3 rings (SSSR count). The Morgan fingerprint density at radius 2 is 1.89 bits per heavy atom. The van der Waals surface area contributed by atoms with Crippen LogP contribution < -0.4 is 5.32 Å². The first-order chi connectivity index (χ1) is 13.1. The number of methoxy groups -OCH3 is 1. The molecular weight excluding hydrogens is 336 g/mol. The van der Waals surface area contributed by atoms with Gasteiger partial charge in [-0.3, -0.25) is 0 Å². The van der Waals surface area contributed by atoms with E-state index in [1.54, 1.807) is 18.3 Å². The van der Waals surface area contributed by atoms with Gasteiger partial charge in [0, 0.05) is 11.9 Å². The van der Waals surface area contributed by atoms with Crippen molar-refractivity contribution in [1.29, 1.82) is 0 Å². The first-order valence-electron chi connectivity index (χ1n) is 9.05. The highest BCUT2D eigenvalue weighted by atomic mass is 16.5. The molecule has 0 radical (unpaired) electrons. The maximum Gasteiger partial charge on any atom is 0.341 e. The normalized spacial score (nSPS) is 10.7. The van der Waals surface area contributed by atoms with Gasteiger partial charge in [0.15, 0.2) is 0 Å². The predicted molar refractivity (Wildman–Crippen MR) is 109 cm³/mol. The SMILES string of the molecule is COC(=O)c1cccnc1Nc1cccc(Cc2ccccc2C(C)C)c1. The van der Waals surface area contributed by atoms with Gasteiger partial charge in [-0.05, 0) is 53.3 Å². The second-order valence-corrected chi connectivity index (χ2v) is 6.75. The Balaban J connectivity index is 1.85. The van der Waals surface area contributed by atoms with Crippen LogP contribution >= 0.6 is 0 Å². The minimum Gasteiger partial charge on any atom is -0.465 e. The number of esters is 1. The summed E-state index contributed by atoms with van der Waals surface area (Å²) >= 11 is 0. The van der Waals surface area contributed by atoms with E-state index in [1.807, 2.05) is 12.1 Å². The van der Waals surface area contributed by atoms with Crippen molar-refractivity contribution in [1.82, 2.24) is 4.98 Å². The fourth-order valence-electron chi connectivity index (χ4n) is 3.15. The van der Waals surface area contributed by atoms with E-state index in [9.17, 15) is 4.79 Å². The van der Waals surface area contributed by atoms with E-state index in [0.717, 1.165) is 12.1 Å². The maximum absolute atomic E-state index is 11.9. The van der Waals surface area contributed by atoms with E-state index in [1.165, 1.54) is 23.8 Å². The lowest BCUT2D eigenvalue weighted by atomic mass is 9.93. The number of benzene rings is 2. The first kappa shape index (κ1) is 18.6. The summed E-state index contributed by atoms with van der Waals surface area (Å²) in [6.07, 6.45) is 2.51. The lowest BCUT2D eigenvalue weighted by Gasteiger charge is -2.14. The van der Waals surface area contributed by atoms with Gasteiger partial charge in [0.05, 0.1) is 7.11 Å². The summed E-state index contributed by atoms with van der Waals surface area (Å²) < 4.78 is 4.83. The first-order valence-corrected chi connectivity index (χ1v) is 9.05. The fourth-order valence-corrected chi connectivity index (χ4v) is 3.15. The Morgan fingerprint density at radius 3 is 2.67 bits per heavy atom. The topological polar surface area (TPSA) is 51.2 Å². The van der Waals surface area contributed by atoms with Crippen LogP contribution in [0.25, 0.3) is 0 Å². The number of anilines is 2. The number of nitrogens with zero attached hydrogens (tertiary/aromatic N) is 1. The number of hydrogen-bond donors (Lipinski definition) is 1. The van der Waals surface area contributed by atoms with Crippen molar-refractivity contribution >= 4 is 17.5 Å². The highest BCUT2D eigenvalue weighted by molar-refractivity contribution is 5.95. The number of ether oxygens (including phenoxy) is 1. The molecule has 27 heavy (non-hydrogen) atoms. The van der Waals surface area contributed by atoms with Gasteiger partial charge in [0.2, 0.25) is 0 Å². The van der Waals surface area contributed by atoms with Crippen molar-refractivity contribution in [2.24, 2.45) is 0 Å². The Labute approximate surface area is 160 Å². The molecule has 0 fully saturated rings. The molecule has 0 atom stereocenters. The average Bonchev–Trinajstić information content (AvgIpc) is 2.68. The molecule has 0 amide bonds. The second kappa shape index (κ2) is 8.49. The summed E-state index contributed by atoms with van der Waals surface area (Å²) in [6, 6.07) is 20.1. The molecule has 0 saturated heterocycles. The van der Waals surface area contributed by atoms with Crippen molar-refractivity contribution in [3.8, 4) is 0 Å². The molecule has 0 aliphatic rings. The molecule has 0 unspecified atom stereocenters. The summed E-state index contributed by atoms with van der Waals surface area (Å²) in [5.41, 5.74) is 5.20. The molecule has 0 aliphatic heterocycles. The molecular formula is C23H24N2O2. The standard InChI is InChI=1S/C23H24N2O2/c1-16(2)20-11-5-4-9-18(20)14-17-8-6-10-19(15-17)25-22-21(23(26)27-3)12-7-13-24-22/h4-13,15-16H,14H2,1-3H3,(H,24,25). The number of carbonyl (C=O) groups is 1. The number of aromatic nitrogens is 1. The lowest BCUT2D eigenvalue weighted by Crippen LogP contribution is -2.07. The monoisotopic (exact) mass is 360 g/mol. The van der Waals surface area contributed by atoms with Crippen LogP contribution in [0.15, 0.2) is 66.9 Å². The van der Waals surface area contributed by atoms with Crippen LogP contribution in [0.2, 0.25) is 0 Å². The second-order valence-electron chi connectivity index (χ2n) is 6.75. The van der Waals surface area contributed by atoms with E-state index in [-0.39, 0.29) is 0 Å². The zero-order valence-corrected chi connectivity index (χ0v) is 15.9. The highest BCUT2D eigenvalue weighted by Gasteiger charge is 2.13. The van der Waals surface area contributed by atoms with E-state index >= 15 is 0 Å². The van der Waals surface area contributed by atoms with Crippen molar-refractivity contribution in [2.45, 2.75) is 26.2 Å². The van der Waals surface area contributed by atoms with E-state index in [0.29, 0.717) is 17.3 Å². The summed E-state index contributed by atoms with van der Waals surface area (Å²) in [5.74, 6) is 0.565. The number of hydrogen-bond acceptors (Lipinski definition) is 4. The van der Waals surface area contributed by atoms with E-state index in [2.05, 4.69) is 60.5 Å². The molecule has 0 saturated carbocycles. The highest BCUT2D eigenvalue weighted by Crippen LogP contribution is 2.24. The van der Waals surface area contributed by atoms with Gasteiger partial charge in [-0.25, -0.2) is 9.78 Å². The minimum absolute atomic E-state index is 0.410. The zero-order valence-electron chi connectivity index (χ0n) is 15.9. The van der Waals surface area contributed by atoms with Crippen molar-refractivity contribution in [3.05, 3.63) is 89.1 Å². The zero-order chi connectivity index (χ0) is 19.2. The Hall–Kier alpha value is -3.14. The third kappa shape index (κ3) is 4.53. The summed E-state index contributed by atoms with van der Waals surface area (Å²) in [4.78, 5) is 16.2. The molecule has 138 valence electrons. The molecule has 4 heteroatoms. The fraction of sp³-hybridized carbons (Fsp3) is 0.217. The summed E-state index contributed by atoms with van der Waals surface area (Å²) in [6.45, 7) is 4.43. The average molecular weight is 360 g/mol. The van der Waals surface area contributed by atoms with Crippen molar-refractivity contribution in [3.63, 3.8) is 0 Å². The van der Waals surface area contributed by atoms with E-state index in [4.69, 9.17) is 4.74 Å². The third-order valence-corrected chi connectivity index (χ3v) is 4.47. The van der Waals surface area contributed by atoms with Crippen LogP contribution in [-0.4, -0.2) is 18.1 Å². The summed E-state index contributed by atoms with van der Waals surface area (Å²) in [7, 11) is 1.37. The summed E-state index contributed by atoms with van der Waals surface area (Å²) in [5, 5.41) is 3.24. The molecule has 1 heterocycles. The van der Waals surface area contributed by atoms with Gasteiger partial charge in [0.1, 0.15) is 11.4 Å². The smallest absolute Gasteiger partial charge is 0.341 e. The predicted octanol–water partition coefficient (Wildman–Crippen LogP) is 5.33. The van der Waals surface area contributed by atoms with Crippen LogP contribution in [-0.2, 0) is 11.2 Å². The molecule has 2 aromatic carbocycles. The van der Waals surface area contributed by atoms with Crippen LogP contribution in [0.4, 0.5) is 11.5 Å². The van der Waals surface area contributed by atoms with Crippen molar-refractivity contribution in [2.75, 3.05) is 12.4 Å². The van der Waals surface area contributed by atoms with Gasteiger partial charge >= 0.3 is 5.97 Å². The molecule has 1 N–H and O–H groups in total. The quantitative estimate of drug-likeness (QED) is 0.604. The largest absolute Gasteiger partial charge is 0.465 e. The van der Waals surface area contributed by atoms with Gasteiger partial charge in [0.25, 0.3) is 0 Å². The molecule has 3 aromatic rings. The van der Waals surface area contributed by atoms with Gasteiger partial charge in [-0.1, -0.05) is 50.2 Å². The van der Waals surface area contributed by atoms with Gasteiger partial charge < -0.3 is 10.1 Å². The lowest BCUT2D eigenvalue weighted by molar-refractivity contribution is 0.0601. The minimum atomic E-state index is -0.410. The maximum atomic E-state index is 11.9. The number of nitrogens with one attached hydrogen (secondary N) is 1. The Kier molecular flexibility index (Phi) is 5.87. The number of pyridine rings is 1. The molecule has 1 aromatic heterocycles. The van der Waals surface area contributed by atoms with Crippen LogP contribution in [0.5, 0.6) is 0 Å². The van der Waals surface area contributed by atoms with Gasteiger partial charge in [-0.15, -0.1) is 0 Å². The molecule has 0 aliphatic carbocycles. The van der Waals surface area contributed by atoms with Crippen molar-refractivity contribution < 1.29 is 9.53 Å². The molecule has 4 nitrogen and oxygen atoms in total. The molecule has 0 bridgehead atoms. The number of carbonyl (C=O) groups excluding carboxylic acids is 1. The molecule has 0 spiro atoms. The Morgan fingerprint density at radius 1 is 1.07 bits per heavy atom.